The van der Waals surface area contributed by atoms with E-state index in [0.717, 1.165) is 38.8 Å². The Morgan fingerprint density at radius 1 is 0.967 bits per heavy atom. The van der Waals surface area contributed by atoms with Crippen molar-refractivity contribution in [3.8, 4) is 11.4 Å². The largest absolute Gasteiger partial charge is 0.480 e. The molecule has 0 saturated heterocycles. The van der Waals surface area contributed by atoms with Crippen LogP contribution in [-0.2, 0) is 11.3 Å². The van der Waals surface area contributed by atoms with Gasteiger partial charge in [-0.1, -0.05) is 24.3 Å². The number of carboxylic acid groups (broad SMARTS) is 1. The first-order valence-electron chi connectivity index (χ1n) is 9.46. The Morgan fingerprint density at radius 2 is 1.87 bits per heavy atom. The average molecular weight is 411 g/mol. The summed E-state index contributed by atoms with van der Waals surface area (Å²) >= 11 is 1.69. The predicted octanol–water partition coefficient (Wildman–Crippen LogP) is 5.57. The minimum absolute atomic E-state index is 0.116. The smallest absolute Gasteiger partial charge is 0.323 e. The van der Waals surface area contributed by atoms with Gasteiger partial charge in [-0.25, -0.2) is 0 Å². The zero-order valence-corrected chi connectivity index (χ0v) is 16.7. The first-order valence-corrected chi connectivity index (χ1v) is 10.3. The number of hydrogen-bond acceptors (Lipinski definition) is 4. The molecule has 4 aromatic heterocycles. The number of carbonyl (C=O) groups is 1. The predicted molar refractivity (Wildman–Crippen MR) is 121 cm³/mol. The maximum Gasteiger partial charge on any atom is 0.323 e. The third-order valence-corrected chi connectivity index (χ3v) is 5.82. The minimum Gasteiger partial charge on any atom is -0.480 e. The van der Waals surface area contributed by atoms with E-state index in [1.807, 2.05) is 42.5 Å². The lowest BCUT2D eigenvalue weighted by Crippen LogP contribution is -2.08. The summed E-state index contributed by atoms with van der Waals surface area (Å²) < 4.78 is 1.80. The fourth-order valence-corrected chi connectivity index (χ4v) is 4.26. The topological polar surface area (TPSA) is 68.0 Å². The Bertz CT molecular complexity index is 1390. The number of rotatable bonds is 5. The molecule has 1 N–H and O–H groups in total. The third-order valence-electron chi connectivity index (χ3n) is 4.98. The highest BCUT2D eigenvalue weighted by molar-refractivity contribution is 7.10. The molecule has 0 fully saturated rings. The molecule has 0 aliphatic rings. The van der Waals surface area contributed by atoms with Crippen molar-refractivity contribution in [1.82, 2.24) is 14.5 Å². The van der Waals surface area contributed by atoms with Crippen molar-refractivity contribution in [3.05, 3.63) is 82.8 Å². The van der Waals surface area contributed by atoms with Gasteiger partial charge in [-0.2, -0.15) is 0 Å². The summed E-state index contributed by atoms with van der Waals surface area (Å²) in [6.07, 6.45) is 7.64. The second-order valence-electron chi connectivity index (χ2n) is 6.91. The number of pyridine rings is 2. The van der Waals surface area contributed by atoms with Crippen LogP contribution >= 0.6 is 11.3 Å². The van der Waals surface area contributed by atoms with E-state index in [0.29, 0.717) is 0 Å². The Labute approximate surface area is 176 Å². The van der Waals surface area contributed by atoms with Crippen molar-refractivity contribution < 1.29 is 9.90 Å². The van der Waals surface area contributed by atoms with Gasteiger partial charge in [-0.3, -0.25) is 14.8 Å². The van der Waals surface area contributed by atoms with Crippen LogP contribution in [0.5, 0.6) is 0 Å². The Hall–Kier alpha value is -3.77. The molecule has 30 heavy (non-hydrogen) atoms. The molecule has 0 atom stereocenters. The Balaban J connectivity index is 1.70. The molecule has 4 heterocycles. The number of nitrogens with zero attached hydrogens (tertiary/aromatic N) is 3. The van der Waals surface area contributed by atoms with E-state index in [-0.39, 0.29) is 6.54 Å². The molecule has 146 valence electrons. The molecular weight excluding hydrogens is 394 g/mol. The summed E-state index contributed by atoms with van der Waals surface area (Å²) in [6.45, 7) is -0.116. The molecule has 0 unspecified atom stereocenters. The lowest BCUT2D eigenvalue weighted by Gasteiger charge is -2.04. The number of aliphatic carboxylic acids is 1. The number of benzene rings is 1. The zero-order valence-electron chi connectivity index (χ0n) is 15.9. The molecule has 5 aromatic rings. The summed E-state index contributed by atoms with van der Waals surface area (Å²) in [6, 6.07) is 17.9. The van der Waals surface area contributed by atoms with E-state index in [1.54, 1.807) is 28.3 Å². The van der Waals surface area contributed by atoms with Crippen LogP contribution < -0.4 is 0 Å². The monoisotopic (exact) mass is 411 g/mol. The molecule has 0 spiro atoms. The van der Waals surface area contributed by atoms with Crippen LogP contribution in [0.3, 0.4) is 0 Å². The highest BCUT2D eigenvalue weighted by Crippen LogP contribution is 2.32. The molecule has 1 aromatic carbocycles. The highest BCUT2D eigenvalue weighted by Gasteiger charge is 2.15. The van der Waals surface area contributed by atoms with Gasteiger partial charge in [0, 0.05) is 27.4 Å². The van der Waals surface area contributed by atoms with Gasteiger partial charge in [-0.05, 0) is 53.4 Å². The normalized spacial score (nSPS) is 11.6. The third kappa shape index (κ3) is 3.38. The summed E-state index contributed by atoms with van der Waals surface area (Å²) in [4.78, 5) is 21.6. The molecule has 5 rings (SSSR count). The van der Waals surface area contributed by atoms with Crippen LogP contribution in [0.1, 0.15) is 10.4 Å². The molecular formula is C24H17N3O2S. The van der Waals surface area contributed by atoms with E-state index >= 15 is 0 Å². The summed E-state index contributed by atoms with van der Waals surface area (Å²) in [5.41, 5.74) is 4.28. The summed E-state index contributed by atoms with van der Waals surface area (Å²) in [5, 5.41) is 13.4. The summed E-state index contributed by atoms with van der Waals surface area (Å²) in [7, 11) is 0. The standard InChI is InChI=1S/C24H17N3O2S/c28-24(29)15-27-22-9-7-16(6-8-17-4-3-11-30-17)12-18(22)19-13-21(26-14-23(19)27)20-5-1-2-10-25-20/h1-14H,15H2,(H,28,29)/b8-6+. The Morgan fingerprint density at radius 3 is 2.63 bits per heavy atom. The van der Waals surface area contributed by atoms with Crippen molar-refractivity contribution >= 4 is 51.3 Å². The molecule has 6 heteroatoms. The lowest BCUT2D eigenvalue weighted by molar-refractivity contribution is -0.137. The van der Waals surface area contributed by atoms with Gasteiger partial charge >= 0.3 is 5.97 Å². The SMILES string of the molecule is O=C(O)Cn1c2ccc(/C=C/c3cccs3)cc2c2cc(-c3ccccn3)ncc21. The second-order valence-corrected chi connectivity index (χ2v) is 7.89. The maximum atomic E-state index is 11.5. The fourth-order valence-electron chi connectivity index (χ4n) is 3.64. The van der Waals surface area contributed by atoms with Crippen molar-refractivity contribution in [2.75, 3.05) is 0 Å². The van der Waals surface area contributed by atoms with Gasteiger partial charge in [0.15, 0.2) is 0 Å². The van der Waals surface area contributed by atoms with Crippen LogP contribution in [-0.4, -0.2) is 25.6 Å². The maximum absolute atomic E-state index is 11.5. The van der Waals surface area contributed by atoms with Gasteiger partial charge in [0.25, 0.3) is 0 Å². The van der Waals surface area contributed by atoms with Crippen LogP contribution in [0.15, 0.2) is 72.4 Å². The second kappa shape index (κ2) is 7.57. The van der Waals surface area contributed by atoms with Crippen LogP contribution in [0.4, 0.5) is 0 Å². The number of thiophene rings is 1. The molecule has 0 aliphatic heterocycles. The average Bonchev–Trinajstić information content (AvgIpc) is 3.39. The van der Waals surface area contributed by atoms with E-state index in [2.05, 4.69) is 39.6 Å². The van der Waals surface area contributed by atoms with Gasteiger partial charge in [-0.15, -0.1) is 11.3 Å². The molecule has 0 bridgehead atoms. The van der Waals surface area contributed by atoms with Crippen molar-refractivity contribution in [3.63, 3.8) is 0 Å². The first kappa shape index (κ1) is 18.3. The molecule has 0 saturated carbocycles. The Kier molecular flexibility index (Phi) is 4.61. The molecule has 5 nitrogen and oxygen atoms in total. The molecule has 0 radical (unpaired) electrons. The first-order chi connectivity index (χ1) is 14.7. The molecule has 0 amide bonds. The van der Waals surface area contributed by atoms with Gasteiger partial charge < -0.3 is 9.67 Å². The number of hydrogen-bond donors (Lipinski definition) is 1. The van der Waals surface area contributed by atoms with Crippen LogP contribution in [0.25, 0.3) is 45.3 Å². The minimum atomic E-state index is -0.885. The van der Waals surface area contributed by atoms with E-state index in [1.165, 1.54) is 4.88 Å². The number of aromatic nitrogens is 3. The van der Waals surface area contributed by atoms with E-state index < -0.39 is 5.97 Å². The van der Waals surface area contributed by atoms with Crippen molar-refractivity contribution in [1.29, 1.82) is 0 Å². The highest BCUT2D eigenvalue weighted by atomic mass is 32.1. The van der Waals surface area contributed by atoms with Crippen molar-refractivity contribution in [2.45, 2.75) is 6.54 Å². The van der Waals surface area contributed by atoms with Crippen LogP contribution in [0.2, 0.25) is 0 Å². The quantitative estimate of drug-likeness (QED) is 0.411. The van der Waals surface area contributed by atoms with Crippen LogP contribution in [0, 0.1) is 0 Å². The van der Waals surface area contributed by atoms with E-state index in [4.69, 9.17) is 0 Å². The number of fused-ring (bicyclic) bond motifs is 3. The molecule has 0 aliphatic carbocycles. The van der Waals surface area contributed by atoms with Gasteiger partial charge in [0.05, 0.1) is 23.1 Å². The van der Waals surface area contributed by atoms with Crippen molar-refractivity contribution in [2.24, 2.45) is 0 Å². The number of carboxylic acids is 1. The van der Waals surface area contributed by atoms with Gasteiger partial charge in [0.2, 0.25) is 0 Å². The zero-order chi connectivity index (χ0) is 20.5. The van der Waals surface area contributed by atoms with E-state index in [9.17, 15) is 9.90 Å². The van der Waals surface area contributed by atoms with Gasteiger partial charge in [0.1, 0.15) is 6.54 Å². The lowest BCUT2D eigenvalue weighted by atomic mass is 10.1. The fraction of sp³-hybridized carbons (Fsp3) is 0.0417. The summed E-state index contributed by atoms with van der Waals surface area (Å²) in [5.74, 6) is -0.885.